The highest BCUT2D eigenvalue weighted by atomic mass is 16.2. The standard InChI is InChI=1S/C14H19B5N4O3/c1-4-21-6-3-2-5(15)8(20)7(6)11(25)23(4)9-10(24)22-12(26)14(18,19)13(9,16)17/h2-3,9H,15-20H2,1H3,(H,22,24,26). The van der Waals surface area contributed by atoms with Crippen LogP contribution in [0.25, 0.3) is 10.9 Å². The van der Waals surface area contributed by atoms with E-state index in [1.54, 1.807) is 28.7 Å². The number of benzene rings is 1. The van der Waals surface area contributed by atoms with Gasteiger partial charge in [-0.25, -0.2) is 4.98 Å². The van der Waals surface area contributed by atoms with Crippen molar-refractivity contribution in [2.45, 2.75) is 23.4 Å². The Morgan fingerprint density at radius 3 is 2.42 bits per heavy atom. The number of amides is 2. The van der Waals surface area contributed by atoms with Gasteiger partial charge in [0.15, 0.2) is 0 Å². The molecule has 3 rings (SSSR count). The predicted molar refractivity (Wildman–Crippen MR) is 115 cm³/mol. The quantitative estimate of drug-likeness (QED) is 0.305. The third-order valence-corrected chi connectivity index (χ3v) is 6.11. The first-order valence-corrected chi connectivity index (χ1v) is 8.54. The molecule has 0 saturated carbocycles. The Labute approximate surface area is 155 Å². The van der Waals surface area contributed by atoms with Crippen molar-refractivity contribution in [1.29, 1.82) is 0 Å². The van der Waals surface area contributed by atoms with Crippen LogP contribution in [0, 0.1) is 6.92 Å². The summed E-state index contributed by atoms with van der Waals surface area (Å²) in [6.07, 6.45) is 0. The maximum atomic E-state index is 13.3. The van der Waals surface area contributed by atoms with E-state index in [-0.39, 0.29) is 11.5 Å². The van der Waals surface area contributed by atoms with Crippen LogP contribution < -0.4 is 22.1 Å². The zero-order chi connectivity index (χ0) is 19.6. The highest BCUT2D eigenvalue weighted by molar-refractivity contribution is 6.63. The van der Waals surface area contributed by atoms with E-state index in [1.807, 2.05) is 29.6 Å². The summed E-state index contributed by atoms with van der Waals surface area (Å²) < 4.78 is 1.38. The van der Waals surface area contributed by atoms with E-state index in [0.717, 1.165) is 5.46 Å². The fourth-order valence-electron chi connectivity index (χ4n) is 3.57. The summed E-state index contributed by atoms with van der Waals surface area (Å²) in [7, 11) is 9.01. The molecule has 0 radical (unpaired) electrons. The average Bonchev–Trinajstić information content (AvgIpc) is 2.52. The smallest absolute Gasteiger partial charge is 0.264 e. The van der Waals surface area contributed by atoms with Crippen LogP contribution in [0.1, 0.15) is 11.9 Å². The maximum Gasteiger partial charge on any atom is 0.264 e. The topological polar surface area (TPSA) is 107 Å². The van der Waals surface area contributed by atoms with Gasteiger partial charge in [-0.2, -0.15) is 0 Å². The van der Waals surface area contributed by atoms with E-state index in [1.165, 1.54) is 4.57 Å². The Hall–Kier alpha value is -2.38. The molecule has 128 valence electrons. The zero-order valence-corrected chi connectivity index (χ0v) is 15.9. The molecule has 3 N–H and O–H groups in total. The number of nitrogen functional groups attached to an aromatic ring is 1. The fraction of sp³-hybridized carbons (Fsp3) is 0.286. The molecular weight excluding hydrogens is 326 g/mol. The molecule has 2 amide bonds. The fourth-order valence-corrected chi connectivity index (χ4v) is 3.57. The van der Waals surface area contributed by atoms with Gasteiger partial charge in [0.05, 0.1) is 10.9 Å². The molecule has 1 fully saturated rings. The van der Waals surface area contributed by atoms with Crippen molar-refractivity contribution in [3.63, 3.8) is 0 Å². The lowest BCUT2D eigenvalue weighted by molar-refractivity contribution is -0.137. The van der Waals surface area contributed by atoms with Gasteiger partial charge in [0.1, 0.15) is 51.1 Å². The van der Waals surface area contributed by atoms with Crippen LogP contribution in [0.2, 0.25) is 10.4 Å². The SMILES string of the molecule is Bc1ccc2nc(C)n(C3C(=O)NC(=O)C(B)(B)C3(B)B)c(=O)c2c1N. The molecule has 2 heterocycles. The number of piperidine rings is 1. The number of hydrogen-bond donors (Lipinski definition) is 2. The van der Waals surface area contributed by atoms with E-state index in [4.69, 9.17) is 5.73 Å². The molecule has 12 heteroatoms. The van der Waals surface area contributed by atoms with E-state index in [9.17, 15) is 14.4 Å². The van der Waals surface area contributed by atoms with Gasteiger partial charge >= 0.3 is 0 Å². The minimum atomic E-state index is -0.875. The van der Waals surface area contributed by atoms with Gasteiger partial charge in [0, 0.05) is 5.69 Å². The highest BCUT2D eigenvalue weighted by Crippen LogP contribution is 2.52. The van der Waals surface area contributed by atoms with Crippen molar-refractivity contribution >= 4 is 73.1 Å². The van der Waals surface area contributed by atoms with Crippen LogP contribution >= 0.6 is 0 Å². The van der Waals surface area contributed by atoms with Crippen LogP contribution in [-0.2, 0) is 9.59 Å². The van der Waals surface area contributed by atoms with Gasteiger partial charge < -0.3 is 5.73 Å². The van der Waals surface area contributed by atoms with E-state index in [2.05, 4.69) is 10.3 Å². The Balaban J connectivity index is 2.38. The molecule has 1 aromatic heterocycles. The van der Waals surface area contributed by atoms with E-state index < -0.39 is 22.4 Å². The van der Waals surface area contributed by atoms with Crippen molar-refractivity contribution in [3.8, 4) is 0 Å². The van der Waals surface area contributed by atoms with E-state index >= 15 is 0 Å². The molecule has 0 bridgehead atoms. The molecule has 1 atom stereocenters. The highest BCUT2D eigenvalue weighted by Gasteiger charge is 2.55. The lowest BCUT2D eigenvalue weighted by Crippen LogP contribution is -2.61. The molecular formula is C14H19B5N4O3. The summed E-state index contributed by atoms with van der Waals surface area (Å²) in [5, 5.41) is 1.04. The molecule has 0 aliphatic carbocycles. The van der Waals surface area contributed by atoms with Gasteiger partial charge in [0.25, 0.3) is 5.56 Å². The molecule has 0 spiro atoms. The van der Waals surface area contributed by atoms with Gasteiger partial charge in [-0.15, -0.1) is 0 Å². The summed E-state index contributed by atoms with van der Waals surface area (Å²) >= 11 is 0. The monoisotopic (exact) mass is 346 g/mol. The van der Waals surface area contributed by atoms with Crippen LogP contribution in [-0.4, -0.2) is 60.6 Å². The number of carbonyl (C=O) groups is 2. The molecule has 1 unspecified atom stereocenters. The lowest BCUT2D eigenvalue weighted by Gasteiger charge is -2.50. The molecule has 1 aliphatic heterocycles. The summed E-state index contributed by atoms with van der Waals surface area (Å²) in [6.45, 7) is 1.68. The molecule has 2 aromatic rings. The number of anilines is 1. The molecule has 1 aromatic carbocycles. The third kappa shape index (κ3) is 2.27. The zero-order valence-electron chi connectivity index (χ0n) is 15.9. The predicted octanol–water partition coefficient (Wildman–Crippen LogP) is -5.49. The Morgan fingerprint density at radius 2 is 1.81 bits per heavy atom. The van der Waals surface area contributed by atoms with Crippen LogP contribution in [0.5, 0.6) is 0 Å². The summed E-state index contributed by atoms with van der Waals surface area (Å²) in [4.78, 5) is 42.9. The molecule has 7 nitrogen and oxygen atoms in total. The van der Waals surface area contributed by atoms with Crippen molar-refractivity contribution in [2.75, 3.05) is 5.73 Å². The van der Waals surface area contributed by atoms with Gasteiger partial charge in [-0.3, -0.25) is 24.3 Å². The third-order valence-electron chi connectivity index (χ3n) is 6.11. The maximum absolute atomic E-state index is 13.3. The van der Waals surface area contributed by atoms with Crippen LogP contribution in [0.3, 0.4) is 0 Å². The lowest BCUT2D eigenvalue weighted by atomic mass is 9.26. The number of aryl methyl sites for hydroxylation is 1. The largest absolute Gasteiger partial charge is 0.398 e. The minimum Gasteiger partial charge on any atom is -0.398 e. The van der Waals surface area contributed by atoms with Crippen molar-refractivity contribution in [1.82, 2.24) is 14.9 Å². The Bertz CT molecular complexity index is 1030. The first kappa shape index (κ1) is 18.4. The molecule has 26 heavy (non-hydrogen) atoms. The van der Waals surface area contributed by atoms with Gasteiger partial charge in [0.2, 0.25) is 11.8 Å². The Kier molecular flexibility index (Phi) is 3.94. The number of fused-ring (bicyclic) bond motifs is 1. The molecule has 1 saturated heterocycles. The van der Waals surface area contributed by atoms with Crippen molar-refractivity contribution < 1.29 is 9.59 Å². The second-order valence-electron chi connectivity index (χ2n) is 8.09. The van der Waals surface area contributed by atoms with Crippen LogP contribution in [0.15, 0.2) is 16.9 Å². The van der Waals surface area contributed by atoms with Gasteiger partial charge in [-0.05, 0) is 18.2 Å². The first-order valence-electron chi connectivity index (χ1n) is 8.54. The number of imide groups is 1. The van der Waals surface area contributed by atoms with Crippen molar-refractivity contribution in [3.05, 3.63) is 28.3 Å². The number of nitrogens with zero attached hydrogens (tertiary/aromatic N) is 2. The number of hydrogen-bond acceptors (Lipinski definition) is 5. The van der Waals surface area contributed by atoms with Crippen LogP contribution in [0.4, 0.5) is 5.69 Å². The van der Waals surface area contributed by atoms with E-state index in [0.29, 0.717) is 22.4 Å². The van der Waals surface area contributed by atoms with Gasteiger partial charge in [-0.1, -0.05) is 16.7 Å². The first-order chi connectivity index (χ1) is 11.9. The number of aromatic nitrogens is 2. The number of nitrogens with one attached hydrogen (secondary N) is 1. The second kappa shape index (κ2) is 5.56. The summed E-state index contributed by atoms with van der Waals surface area (Å²) in [5.41, 5.74) is 7.40. The molecule has 1 aliphatic rings. The second-order valence-corrected chi connectivity index (χ2v) is 8.09. The average molecular weight is 345 g/mol. The number of rotatable bonds is 1. The Morgan fingerprint density at radius 1 is 1.19 bits per heavy atom. The number of carbonyl (C=O) groups excluding carboxylic acids is 2. The minimum absolute atomic E-state index is 0.300. The summed E-state index contributed by atoms with van der Waals surface area (Å²) in [5.74, 6) is -0.445. The number of nitrogens with two attached hydrogens (primary N) is 1. The van der Waals surface area contributed by atoms with Crippen molar-refractivity contribution in [2.24, 2.45) is 0 Å². The normalized spacial score (nSPS) is 21.5. The summed E-state index contributed by atoms with van der Waals surface area (Å²) in [6, 6.07) is 2.69.